The van der Waals surface area contributed by atoms with E-state index in [1.54, 1.807) is 24.3 Å². The molecule has 1 amide bonds. The lowest BCUT2D eigenvalue weighted by molar-refractivity contribution is -0.116. The number of aromatic nitrogens is 2. The van der Waals surface area contributed by atoms with E-state index >= 15 is 0 Å². The number of benzene rings is 1. The maximum absolute atomic E-state index is 11.9. The van der Waals surface area contributed by atoms with Crippen LogP contribution in [0.3, 0.4) is 0 Å². The van der Waals surface area contributed by atoms with Crippen LogP contribution in [-0.2, 0) is 11.2 Å². The minimum atomic E-state index is -0.0863. The Morgan fingerprint density at radius 2 is 1.88 bits per heavy atom. The van der Waals surface area contributed by atoms with Crippen LogP contribution in [-0.4, -0.2) is 28.5 Å². The average Bonchev–Trinajstić information content (AvgIpc) is 3.06. The highest BCUT2D eigenvalue weighted by Crippen LogP contribution is 2.18. The Hall–Kier alpha value is -2.28. The summed E-state index contributed by atoms with van der Waals surface area (Å²) in [6, 6.07) is 6.99. The number of hydrogen-bond donors (Lipinski definition) is 1. The van der Waals surface area contributed by atoms with Gasteiger partial charge in [0.2, 0.25) is 11.0 Å². The van der Waals surface area contributed by atoms with Crippen LogP contribution < -0.4 is 10.1 Å². The number of amides is 1. The molecule has 2 rings (SSSR count). The molecule has 1 heterocycles. The van der Waals surface area contributed by atoms with Crippen molar-refractivity contribution in [3.05, 3.63) is 34.8 Å². The Balaban J connectivity index is 1.65. The van der Waals surface area contributed by atoms with E-state index in [0.29, 0.717) is 35.9 Å². The molecule has 0 radical (unpaired) electrons. The number of nitrogens with one attached hydrogen (secondary N) is 1. The third-order valence-electron chi connectivity index (χ3n) is 3.79. The van der Waals surface area contributed by atoms with Gasteiger partial charge in [0.15, 0.2) is 5.78 Å². The molecule has 7 heteroatoms. The second-order valence-electron chi connectivity index (χ2n) is 6.04. The quantitative estimate of drug-likeness (QED) is 0.468. The van der Waals surface area contributed by atoms with Gasteiger partial charge in [-0.1, -0.05) is 31.1 Å². The fourth-order valence-electron chi connectivity index (χ4n) is 2.32. The second kappa shape index (κ2) is 10.7. The highest BCUT2D eigenvalue weighted by Gasteiger charge is 2.08. The van der Waals surface area contributed by atoms with Gasteiger partial charge in [-0.25, -0.2) is 0 Å². The summed E-state index contributed by atoms with van der Waals surface area (Å²) in [5, 5.41) is 12.4. The lowest BCUT2D eigenvalue weighted by Crippen LogP contribution is -2.12. The highest BCUT2D eigenvalue weighted by molar-refractivity contribution is 7.15. The van der Waals surface area contributed by atoms with Crippen LogP contribution in [0.4, 0.5) is 5.13 Å². The van der Waals surface area contributed by atoms with Crippen LogP contribution in [0.2, 0.25) is 0 Å². The molecule has 140 valence electrons. The van der Waals surface area contributed by atoms with E-state index < -0.39 is 0 Å². The fraction of sp³-hybridized carbons (Fsp3) is 0.474. The third-order valence-corrected chi connectivity index (χ3v) is 4.68. The van der Waals surface area contributed by atoms with Crippen molar-refractivity contribution in [1.29, 1.82) is 0 Å². The summed E-state index contributed by atoms with van der Waals surface area (Å²) in [7, 11) is 0. The van der Waals surface area contributed by atoms with E-state index in [1.807, 2.05) is 0 Å². The Bertz CT molecular complexity index is 713. The Morgan fingerprint density at radius 3 is 2.58 bits per heavy atom. The molecule has 0 aliphatic heterocycles. The van der Waals surface area contributed by atoms with Crippen LogP contribution in [0.15, 0.2) is 24.3 Å². The van der Waals surface area contributed by atoms with Gasteiger partial charge in [0.05, 0.1) is 6.61 Å². The number of hydrogen-bond acceptors (Lipinski definition) is 6. The smallest absolute Gasteiger partial charge is 0.226 e. The zero-order chi connectivity index (χ0) is 18.8. The van der Waals surface area contributed by atoms with Gasteiger partial charge in [-0.2, -0.15) is 0 Å². The molecule has 26 heavy (non-hydrogen) atoms. The molecule has 1 aromatic carbocycles. The van der Waals surface area contributed by atoms with E-state index in [1.165, 1.54) is 31.1 Å². The first-order valence-electron chi connectivity index (χ1n) is 8.94. The number of unbranched alkanes of at least 4 members (excludes halogenated alkanes) is 2. The largest absolute Gasteiger partial charge is 0.494 e. The highest BCUT2D eigenvalue weighted by atomic mass is 32.1. The molecule has 1 N–H and O–H groups in total. The van der Waals surface area contributed by atoms with Crippen LogP contribution in [0.5, 0.6) is 5.75 Å². The van der Waals surface area contributed by atoms with Crippen molar-refractivity contribution < 1.29 is 14.3 Å². The molecule has 1 aromatic heterocycles. The van der Waals surface area contributed by atoms with Crippen LogP contribution in [0.1, 0.15) is 61.3 Å². The molecule has 0 saturated heterocycles. The fourth-order valence-corrected chi connectivity index (χ4v) is 3.12. The molecule has 0 aliphatic rings. The SMILES string of the molecule is CCCCCc1nnc(NC(=O)CCCOc2ccc(C(C)=O)cc2)s1. The Labute approximate surface area is 158 Å². The second-order valence-corrected chi connectivity index (χ2v) is 7.10. The van der Waals surface area contributed by atoms with Crippen molar-refractivity contribution in [3.63, 3.8) is 0 Å². The lowest BCUT2D eigenvalue weighted by atomic mass is 10.1. The molecular formula is C19H25N3O3S. The summed E-state index contributed by atoms with van der Waals surface area (Å²) >= 11 is 1.44. The zero-order valence-electron chi connectivity index (χ0n) is 15.3. The molecule has 2 aromatic rings. The number of carbonyl (C=O) groups is 2. The van der Waals surface area contributed by atoms with E-state index in [-0.39, 0.29) is 11.7 Å². The summed E-state index contributed by atoms with van der Waals surface area (Å²) < 4.78 is 5.58. The van der Waals surface area contributed by atoms with Gasteiger partial charge in [-0.15, -0.1) is 10.2 Å². The molecule has 0 atom stereocenters. The molecule has 6 nitrogen and oxygen atoms in total. The molecule has 0 fully saturated rings. The molecule has 0 bridgehead atoms. The van der Waals surface area contributed by atoms with E-state index in [9.17, 15) is 9.59 Å². The molecule has 0 spiro atoms. The minimum absolute atomic E-state index is 0.0263. The topological polar surface area (TPSA) is 81.2 Å². The summed E-state index contributed by atoms with van der Waals surface area (Å²) in [4.78, 5) is 23.2. The van der Waals surface area contributed by atoms with Gasteiger partial charge in [0, 0.05) is 18.4 Å². The summed E-state index contributed by atoms with van der Waals surface area (Å²) in [6.45, 7) is 4.13. The van der Waals surface area contributed by atoms with Crippen molar-refractivity contribution in [2.24, 2.45) is 0 Å². The number of carbonyl (C=O) groups excluding carboxylic acids is 2. The first-order valence-corrected chi connectivity index (χ1v) is 9.76. The van der Waals surface area contributed by atoms with Crippen molar-refractivity contribution in [2.75, 3.05) is 11.9 Å². The van der Waals surface area contributed by atoms with Crippen LogP contribution in [0.25, 0.3) is 0 Å². The monoisotopic (exact) mass is 375 g/mol. The predicted molar refractivity (Wildman–Crippen MR) is 103 cm³/mol. The van der Waals surface area contributed by atoms with E-state index in [0.717, 1.165) is 17.8 Å². The van der Waals surface area contributed by atoms with Crippen LogP contribution in [0, 0.1) is 0 Å². The van der Waals surface area contributed by atoms with E-state index in [2.05, 4.69) is 22.4 Å². The van der Waals surface area contributed by atoms with Crippen molar-refractivity contribution in [3.8, 4) is 5.75 Å². The van der Waals surface area contributed by atoms with E-state index in [4.69, 9.17) is 4.74 Å². The standard InChI is InChI=1S/C19H25N3O3S/c1-3-4-5-8-18-21-22-19(26-18)20-17(24)7-6-13-25-16-11-9-15(10-12-16)14(2)23/h9-12H,3-8,13H2,1-2H3,(H,20,22,24). The Morgan fingerprint density at radius 1 is 1.12 bits per heavy atom. The maximum atomic E-state index is 11.9. The predicted octanol–water partition coefficient (Wildman–Crippen LogP) is 4.27. The van der Waals surface area contributed by atoms with Gasteiger partial charge in [-0.05, 0) is 44.0 Å². The summed E-state index contributed by atoms with van der Waals surface area (Å²) in [5.74, 6) is 0.631. The zero-order valence-corrected chi connectivity index (χ0v) is 16.1. The lowest BCUT2D eigenvalue weighted by Gasteiger charge is -2.06. The third kappa shape index (κ3) is 6.92. The molecule has 0 saturated carbocycles. The van der Waals surface area contributed by atoms with Gasteiger partial charge >= 0.3 is 0 Å². The van der Waals surface area contributed by atoms with Crippen molar-refractivity contribution >= 4 is 28.2 Å². The number of ether oxygens (including phenoxy) is 1. The summed E-state index contributed by atoms with van der Waals surface area (Å²) in [6.07, 6.45) is 5.32. The molecule has 0 unspecified atom stereocenters. The van der Waals surface area contributed by atoms with Gasteiger partial charge in [-0.3, -0.25) is 9.59 Å². The first kappa shape index (κ1) is 20.0. The number of aryl methyl sites for hydroxylation is 1. The van der Waals surface area contributed by atoms with Gasteiger partial charge in [0.1, 0.15) is 10.8 Å². The van der Waals surface area contributed by atoms with Crippen molar-refractivity contribution in [2.45, 2.75) is 52.4 Å². The normalized spacial score (nSPS) is 10.5. The molecular weight excluding hydrogens is 350 g/mol. The van der Waals surface area contributed by atoms with Gasteiger partial charge in [0.25, 0.3) is 0 Å². The van der Waals surface area contributed by atoms with Crippen LogP contribution >= 0.6 is 11.3 Å². The number of Topliss-reactive ketones (excluding diaryl/α,β-unsaturated/α-hetero) is 1. The number of nitrogens with zero attached hydrogens (tertiary/aromatic N) is 2. The molecule has 0 aliphatic carbocycles. The average molecular weight is 375 g/mol. The number of anilines is 1. The first-order chi connectivity index (χ1) is 12.6. The number of ketones is 1. The van der Waals surface area contributed by atoms with Crippen molar-refractivity contribution in [1.82, 2.24) is 10.2 Å². The maximum Gasteiger partial charge on any atom is 0.226 e. The van der Waals surface area contributed by atoms with Gasteiger partial charge < -0.3 is 10.1 Å². The number of rotatable bonds is 11. The minimum Gasteiger partial charge on any atom is -0.494 e. The Kier molecular flexibility index (Phi) is 8.21. The summed E-state index contributed by atoms with van der Waals surface area (Å²) in [5.41, 5.74) is 0.655.